The molecule has 1 atom stereocenters. The topological polar surface area (TPSA) is 110 Å². The van der Waals surface area contributed by atoms with Crippen LogP contribution in [0.25, 0.3) is 6.08 Å². The molecule has 2 aromatic carbocycles. The molecule has 1 amide bonds. The fourth-order valence-electron chi connectivity index (χ4n) is 4.50. The third-order valence-corrected chi connectivity index (χ3v) is 7.47. The number of allylic oxidation sites excluding steroid dienone is 1. The number of likely N-dealkylation sites (N-methyl/N-ethyl adjacent to an activating group) is 1. The first-order valence-electron chi connectivity index (χ1n) is 12.1. The van der Waals surface area contributed by atoms with E-state index in [4.69, 9.17) is 9.47 Å². The lowest BCUT2D eigenvalue weighted by Crippen LogP contribution is -2.43. The molecular weight excluding hydrogens is 506 g/mol. The van der Waals surface area contributed by atoms with Gasteiger partial charge in [0.25, 0.3) is 11.5 Å². The Balaban J connectivity index is 1.99. The van der Waals surface area contributed by atoms with Gasteiger partial charge >= 0.3 is 5.97 Å². The van der Waals surface area contributed by atoms with Crippen molar-refractivity contribution in [2.75, 3.05) is 27.3 Å². The molecule has 1 aromatic heterocycles. The Labute approximate surface area is 223 Å². The molecule has 1 aliphatic rings. The van der Waals surface area contributed by atoms with Crippen molar-refractivity contribution in [1.29, 1.82) is 0 Å². The minimum Gasteiger partial charge on any atom is -0.497 e. The van der Waals surface area contributed by atoms with Gasteiger partial charge in [0.2, 0.25) is 0 Å². The van der Waals surface area contributed by atoms with E-state index in [9.17, 15) is 19.5 Å². The van der Waals surface area contributed by atoms with Crippen molar-refractivity contribution in [3.63, 3.8) is 0 Å². The fraction of sp³-hybridized carbons (Fsp3) is 0.286. The maximum Gasteiger partial charge on any atom is 0.335 e. The second-order valence-electron chi connectivity index (χ2n) is 8.59. The van der Waals surface area contributed by atoms with Gasteiger partial charge in [0.05, 0.1) is 35.6 Å². The molecule has 2 heterocycles. The SMILES string of the molecule is CCN(CC)C(=O)C1=C(C)N=c2s/c(=C/c3ccc(C(=O)O)cc3)c(=O)n2[C@H]1c1cc(OC)ccc1OC. The van der Waals surface area contributed by atoms with Crippen LogP contribution >= 0.6 is 11.3 Å². The van der Waals surface area contributed by atoms with Gasteiger partial charge in [-0.3, -0.25) is 14.2 Å². The van der Waals surface area contributed by atoms with Gasteiger partial charge in [-0.2, -0.15) is 0 Å². The molecule has 198 valence electrons. The first kappa shape index (κ1) is 26.9. The van der Waals surface area contributed by atoms with Crippen molar-refractivity contribution in [1.82, 2.24) is 9.47 Å². The van der Waals surface area contributed by atoms with Gasteiger partial charge in [0.15, 0.2) is 4.80 Å². The lowest BCUT2D eigenvalue weighted by atomic mass is 9.93. The highest BCUT2D eigenvalue weighted by Crippen LogP contribution is 2.38. The van der Waals surface area contributed by atoms with Crippen molar-refractivity contribution in [2.24, 2.45) is 4.99 Å². The lowest BCUT2D eigenvalue weighted by molar-refractivity contribution is -0.127. The zero-order valence-electron chi connectivity index (χ0n) is 21.8. The van der Waals surface area contributed by atoms with E-state index >= 15 is 0 Å². The average molecular weight is 536 g/mol. The van der Waals surface area contributed by atoms with E-state index in [1.54, 1.807) is 55.3 Å². The van der Waals surface area contributed by atoms with Crippen LogP contribution in [0.1, 0.15) is 48.3 Å². The summed E-state index contributed by atoms with van der Waals surface area (Å²) < 4.78 is 13.1. The summed E-state index contributed by atoms with van der Waals surface area (Å²) in [6, 6.07) is 10.8. The van der Waals surface area contributed by atoms with Gasteiger partial charge in [-0.15, -0.1) is 0 Å². The molecule has 4 rings (SSSR count). The zero-order chi connectivity index (χ0) is 27.6. The number of thiazole rings is 1. The van der Waals surface area contributed by atoms with Crippen LogP contribution in [0.15, 0.2) is 63.5 Å². The predicted molar refractivity (Wildman–Crippen MR) is 145 cm³/mol. The van der Waals surface area contributed by atoms with E-state index in [1.165, 1.54) is 35.1 Å². The van der Waals surface area contributed by atoms with Crippen molar-refractivity contribution in [3.05, 3.63) is 90.1 Å². The maximum atomic E-state index is 13.9. The second kappa shape index (κ2) is 11.1. The maximum absolute atomic E-state index is 13.9. The molecule has 0 unspecified atom stereocenters. The smallest absolute Gasteiger partial charge is 0.335 e. The number of aromatic nitrogens is 1. The van der Waals surface area contributed by atoms with E-state index in [1.807, 2.05) is 13.8 Å². The minimum atomic E-state index is -1.02. The molecule has 9 nitrogen and oxygen atoms in total. The number of methoxy groups -OCH3 is 2. The average Bonchev–Trinajstić information content (AvgIpc) is 3.22. The molecule has 3 aromatic rings. The molecular formula is C28H29N3O6S. The van der Waals surface area contributed by atoms with Crippen LogP contribution in [0.2, 0.25) is 0 Å². The van der Waals surface area contributed by atoms with Crippen molar-refractivity contribution >= 4 is 29.3 Å². The number of benzene rings is 2. The second-order valence-corrected chi connectivity index (χ2v) is 9.60. The molecule has 0 spiro atoms. The number of carboxylic acids is 1. The third kappa shape index (κ3) is 4.87. The standard InChI is InChI=1S/C28H29N3O6S/c1-6-30(7-2)26(33)23-16(3)29-28-31(24(23)20-15-19(36-4)12-13-21(20)37-5)25(32)22(38-28)14-17-8-10-18(11-9-17)27(34)35/h8-15,24H,6-7H2,1-5H3,(H,34,35)/b22-14+/t24-/m0/s1. The lowest BCUT2D eigenvalue weighted by Gasteiger charge is -2.30. The van der Waals surface area contributed by atoms with Crippen LogP contribution in [0.4, 0.5) is 0 Å². The number of ether oxygens (including phenoxy) is 2. The van der Waals surface area contributed by atoms with Gasteiger partial charge in [0, 0.05) is 18.7 Å². The van der Waals surface area contributed by atoms with Gasteiger partial charge in [-0.1, -0.05) is 23.5 Å². The Kier molecular flexibility index (Phi) is 7.82. The Morgan fingerprint density at radius 1 is 1.11 bits per heavy atom. The van der Waals surface area contributed by atoms with E-state index in [0.29, 0.717) is 56.3 Å². The summed E-state index contributed by atoms with van der Waals surface area (Å²) >= 11 is 1.21. The summed E-state index contributed by atoms with van der Waals surface area (Å²) in [5.74, 6) is -0.159. The summed E-state index contributed by atoms with van der Waals surface area (Å²) in [5.41, 5.74) is 2.04. The number of hydrogen-bond acceptors (Lipinski definition) is 7. The van der Waals surface area contributed by atoms with Gasteiger partial charge < -0.3 is 19.5 Å². The number of nitrogens with zero attached hydrogens (tertiary/aromatic N) is 3. The van der Waals surface area contributed by atoms with Crippen LogP contribution in [0.5, 0.6) is 11.5 Å². The quantitative estimate of drug-likeness (QED) is 0.475. The summed E-state index contributed by atoms with van der Waals surface area (Å²) in [6.07, 6.45) is 1.69. The highest BCUT2D eigenvalue weighted by Gasteiger charge is 2.36. The Morgan fingerprint density at radius 3 is 2.37 bits per heavy atom. The van der Waals surface area contributed by atoms with Crippen LogP contribution in [-0.4, -0.2) is 53.8 Å². The first-order chi connectivity index (χ1) is 18.2. The largest absolute Gasteiger partial charge is 0.497 e. The fourth-order valence-corrected chi connectivity index (χ4v) is 5.54. The molecule has 38 heavy (non-hydrogen) atoms. The molecule has 0 saturated carbocycles. The summed E-state index contributed by atoms with van der Waals surface area (Å²) in [4.78, 5) is 45.7. The van der Waals surface area contributed by atoms with E-state index in [-0.39, 0.29) is 17.0 Å². The number of carbonyl (C=O) groups excluding carboxylic acids is 1. The Morgan fingerprint density at radius 2 is 1.79 bits per heavy atom. The molecule has 10 heteroatoms. The summed E-state index contributed by atoms with van der Waals surface area (Å²) in [5, 5.41) is 9.18. The molecule has 0 radical (unpaired) electrons. The van der Waals surface area contributed by atoms with Crippen LogP contribution in [0.3, 0.4) is 0 Å². The van der Waals surface area contributed by atoms with Gasteiger partial charge in [0.1, 0.15) is 17.5 Å². The Bertz CT molecular complexity index is 1600. The highest BCUT2D eigenvalue weighted by atomic mass is 32.1. The Hall–Kier alpha value is -4.18. The van der Waals surface area contributed by atoms with E-state index in [2.05, 4.69) is 4.99 Å². The van der Waals surface area contributed by atoms with Crippen LogP contribution in [-0.2, 0) is 4.79 Å². The van der Waals surface area contributed by atoms with Crippen molar-refractivity contribution in [2.45, 2.75) is 26.8 Å². The number of rotatable bonds is 8. The number of aromatic carboxylic acids is 1. The van der Waals surface area contributed by atoms with Crippen molar-refractivity contribution < 1.29 is 24.2 Å². The van der Waals surface area contributed by atoms with Crippen molar-refractivity contribution in [3.8, 4) is 11.5 Å². The van der Waals surface area contributed by atoms with Crippen LogP contribution in [0, 0.1) is 0 Å². The molecule has 0 bridgehead atoms. The number of amides is 1. The highest BCUT2D eigenvalue weighted by molar-refractivity contribution is 7.07. The van der Waals surface area contributed by atoms with Gasteiger partial charge in [-0.05, 0) is 62.7 Å². The number of carbonyl (C=O) groups is 2. The van der Waals surface area contributed by atoms with Gasteiger partial charge in [-0.25, -0.2) is 9.79 Å². The summed E-state index contributed by atoms with van der Waals surface area (Å²) in [6.45, 7) is 6.60. The molecule has 0 fully saturated rings. The normalized spacial score (nSPS) is 15.1. The van der Waals surface area contributed by atoms with Crippen LogP contribution < -0.4 is 24.4 Å². The number of hydrogen-bond donors (Lipinski definition) is 1. The summed E-state index contributed by atoms with van der Waals surface area (Å²) in [7, 11) is 3.09. The van der Waals surface area contributed by atoms with E-state index in [0.717, 1.165) is 0 Å². The zero-order valence-corrected chi connectivity index (χ0v) is 22.7. The van der Waals surface area contributed by atoms with E-state index < -0.39 is 12.0 Å². The minimum absolute atomic E-state index is 0.156. The molecule has 0 aliphatic carbocycles. The molecule has 1 aliphatic heterocycles. The molecule has 1 N–H and O–H groups in total. The third-order valence-electron chi connectivity index (χ3n) is 6.49. The monoisotopic (exact) mass is 535 g/mol. The first-order valence-corrected chi connectivity index (χ1v) is 12.9. The number of fused-ring (bicyclic) bond motifs is 1. The molecule has 0 saturated heterocycles. The number of carboxylic acid groups (broad SMARTS) is 1. The predicted octanol–water partition coefficient (Wildman–Crippen LogP) is 2.82.